The molecule has 7 heteroatoms. The SMILES string of the molecule is CC[C@@H](CNC(=O)[C@@H](C)Sc1nnc(C)n1N)c1ccccc1. The number of carbonyl (C=O) groups excluding carboxylic acids is 1. The highest BCUT2D eigenvalue weighted by Gasteiger charge is 2.19. The summed E-state index contributed by atoms with van der Waals surface area (Å²) in [5, 5.41) is 11.1. The molecular formula is C16H23N5OS. The van der Waals surface area contributed by atoms with E-state index in [1.54, 1.807) is 6.92 Å². The van der Waals surface area contributed by atoms with Crippen molar-refractivity contribution in [3.63, 3.8) is 0 Å². The second-order valence-electron chi connectivity index (χ2n) is 5.42. The first-order valence-electron chi connectivity index (χ1n) is 7.69. The van der Waals surface area contributed by atoms with E-state index in [0.717, 1.165) is 6.42 Å². The standard InChI is InChI=1S/C16H23N5OS/c1-4-13(14-8-6-5-7-9-14)10-18-15(22)11(2)23-16-20-19-12(3)21(16)17/h5-9,11,13H,4,10,17H2,1-3H3,(H,18,22)/t11-,13+/m1/s1. The third-order valence-corrected chi connectivity index (χ3v) is 4.83. The number of hydrogen-bond donors (Lipinski definition) is 2. The maximum Gasteiger partial charge on any atom is 0.233 e. The van der Waals surface area contributed by atoms with Gasteiger partial charge in [0.15, 0.2) is 0 Å². The van der Waals surface area contributed by atoms with Gasteiger partial charge in [-0.3, -0.25) is 4.79 Å². The van der Waals surface area contributed by atoms with Crippen LogP contribution in [0.2, 0.25) is 0 Å². The maximum atomic E-state index is 12.3. The van der Waals surface area contributed by atoms with E-state index in [2.05, 4.69) is 34.6 Å². The Labute approximate surface area is 140 Å². The Kier molecular flexibility index (Phi) is 6.04. The van der Waals surface area contributed by atoms with Crippen LogP contribution in [0.5, 0.6) is 0 Å². The molecule has 0 aliphatic rings. The number of rotatable bonds is 7. The Morgan fingerprint density at radius 1 is 1.35 bits per heavy atom. The number of carbonyl (C=O) groups is 1. The molecule has 1 amide bonds. The van der Waals surface area contributed by atoms with Gasteiger partial charge in [-0.25, -0.2) is 4.68 Å². The van der Waals surface area contributed by atoms with Gasteiger partial charge in [-0.1, -0.05) is 49.0 Å². The molecule has 3 N–H and O–H groups in total. The third-order valence-electron chi connectivity index (χ3n) is 3.77. The lowest BCUT2D eigenvalue weighted by Crippen LogP contribution is -2.34. The van der Waals surface area contributed by atoms with E-state index in [4.69, 9.17) is 5.84 Å². The molecule has 2 atom stereocenters. The molecule has 0 aliphatic heterocycles. The van der Waals surface area contributed by atoms with Crippen molar-refractivity contribution < 1.29 is 4.79 Å². The van der Waals surface area contributed by atoms with E-state index >= 15 is 0 Å². The Balaban J connectivity index is 1.89. The van der Waals surface area contributed by atoms with Crippen molar-refractivity contribution in [3.8, 4) is 0 Å². The molecule has 6 nitrogen and oxygen atoms in total. The minimum Gasteiger partial charge on any atom is -0.355 e. The average Bonchev–Trinajstić information content (AvgIpc) is 2.88. The summed E-state index contributed by atoms with van der Waals surface area (Å²) in [6.07, 6.45) is 0.974. The van der Waals surface area contributed by atoms with Crippen molar-refractivity contribution in [1.29, 1.82) is 0 Å². The van der Waals surface area contributed by atoms with Gasteiger partial charge in [-0.15, -0.1) is 10.2 Å². The summed E-state index contributed by atoms with van der Waals surface area (Å²) < 4.78 is 1.40. The number of hydrogen-bond acceptors (Lipinski definition) is 5. The highest BCUT2D eigenvalue weighted by molar-refractivity contribution is 8.00. The lowest BCUT2D eigenvalue weighted by molar-refractivity contribution is -0.120. The first-order chi connectivity index (χ1) is 11.0. The molecule has 0 radical (unpaired) electrons. The largest absolute Gasteiger partial charge is 0.355 e. The zero-order chi connectivity index (χ0) is 16.8. The van der Waals surface area contributed by atoms with Gasteiger partial charge in [0.2, 0.25) is 11.1 Å². The van der Waals surface area contributed by atoms with Crippen molar-refractivity contribution in [2.45, 2.75) is 43.5 Å². The lowest BCUT2D eigenvalue weighted by Gasteiger charge is -2.18. The van der Waals surface area contributed by atoms with E-state index in [9.17, 15) is 4.79 Å². The molecule has 0 saturated carbocycles. The topological polar surface area (TPSA) is 85.8 Å². The number of aryl methyl sites for hydroxylation is 1. The molecule has 2 aromatic rings. The molecule has 0 saturated heterocycles. The number of nitrogens with two attached hydrogens (primary N) is 1. The lowest BCUT2D eigenvalue weighted by atomic mass is 9.96. The van der Waals surface area contributed by atoms with E-state index in [-0.39, 0.29) is 11.2 Å². The number of nitrogens with zero attached hydrogens (tertiary/aromatic N) is 3. The van der Waals surface area contributed by atoms with Gasteiger partial charge in [0, 0.05) is 12.5 Å². The van der Waals surface area contributed by atoms with Crippen LogP contribution in [0, 0.1) is 6.92 Å². The van der Waals surface area contributed by atoms with Crippen LogP contribution in [0.3, 0.4) is 0 Å². The van der Waals surface area contributed by atoms with Gasteiger partial charge >= 0.3 is 0 Å². The molecule has 23 heavy (non-hydrogen) atoms. The summed E-state index contributed by atoms with van der Waals surface area (Å²) in [5.74, 6) is 6.72. The van der Waals surface area contributed by atoms with E-state index in [1.807, 2.05) is 25.1 Å². The van der Waals surface area contributed by atoms with Crippen LogP contribution in [0.15, 0.2) is 35.5 Å². The molecule has 0 aliphatic carbocycles. The van der Waals surface area contributed by atoms with Crippen LogP contribution < -0.4 is 11.2 Å². The quantitative estimate of drug-likeness (QED) is 0.598. The van der Waals surface area contributed by atoms with Gasteiger partial charge in [0.25, 0.3) is 0 Å². The molecule has 2 rings (SSSR count). The summed E-state index contributed by atoms with van der Waals surface area (Å²) in [7, 11) is 0. The van der Waals surface area contributed by atoms with Crippen molar-refractivity contribution in [2.24, 2.45) is 0 Å². The number of aromatic nitrogens is 3. The van der Waals surface area contributed by atoms with E-state index in [1.165, 1.54) is 22.0 Å². The molecule has 0 fully saturated rings. The first kappa shape index (κ1) is 17.3. The Bertz CT molecular complexity index is 643. The zero-order valence-electron chi connectivity index (χ0n) is 13.7. The average molecular weight is 333 g/mol. The molecule has 0 unspecified atom stereocenters. The Morgan fingerprint density at radius 2 is 2.04 bits per heavy atom. The molecule has 1 aromatic carbocycles. The predicted molar refractivity (Wildman–Crippen MR) is 92.7 cm³/mol. The second-order valence-corrected chi connectivity index (χ2v) is 6.73. The Morgan fingerprint density at radius 3 is 2.61 bits per heavy atom. The molecule has 1 aromatic heterocycles. The summed E-state index contributed by atoms with van der Waals surface area (Å²) >= 11 is 1.31. The van der Waals surface area contributed by atoms with Gasteiger partial charge in [0.1, 0.15) is 5.82 Å². The van der Waals surface area contributed by atoms with Gasteiger partial charge in [-0.05, 0) is 25.8 Å². The smallest absolute Gasteiger partial charge is 0.233 e. The van der Waals surface area contributed by atoms with Crippen molar-refractivity contribution in [2.75, 3.05) is 12.4 Å². The molecule has 0 bridgehead atoms. The van der Waals surface area contributed by atoms with Crippen LogP contribution in [-0.2, 0) is 4.79 Å². The highest BCUT2D eigenvalue weighted by atomic mass is 32.2. The monoisotopic (exact) mass is 333 g/mol. The molecule has 0 spiro atoms. The van der Waals surface area contributed by atoms with Crippen LogP contribution >= 0.6 is 11.8 Å². The molecular weight excluding hydrogens is 310 g/mol. The zero-order valence-corrected chi connectivity index (χ0v) is 14.5. The fourth-order valence-corrected chi connectivity index (χ4v) is 3.07. The van der Waals surface area contributed by atoms with Gasteiger partial charge in [0.05, 0.1) is 5.25 Å². The number of thioether (sulfide) groups is 1. The first-order valence-corrected chi connectivity index (χ1v) is 8.57. The van der Waals surface area contributed by atoms with Gasteiger partial charge in [-0.2, -0.15) is 0 Å². The number of benzene rings is 1. The van der Waals surface area contributed by atoms with Crippen LogP contribution in [-0.4, -0.2) is 32.6 Å². The minimum absolute atomic E-state index is 0.0231. The van der Waals surface area contributed by atoms with Crippen LogP contribution in [0.1, 0.15) is 37.6 Å². The summed E-state index contributed by atoms with van der Waals surface area (Å²) in [4.78, 5) is 12.3. The fraction of sp³-hybridized carbons (Fsp3) is 0.438. The van der Waals surface area contributed by atoms with E-state index < -0.39 is 0 Å². The Hall–Kier alpha value is -2.02. The van der Waals surface area contributed by atoms with Crippen molar-refractivity contribution in [3.05, 3.63) is 41.7 Å². The summed E-state index contributed by atoms with van der Waals surface area (Å²) in [5.41, 5.74) is 1.24. The third kappa shape index (κ3) is 4.48. The maximum absolute atomic E-state index is 12.3. The van der Waals surface area contributed by atoms with Crippen LogP contribution in [0.25, 0.3) is 0 Å². The highest BCUT2D eigenvalue weighted by Crippen LogP contribution is 2.21. The molecule has 124 valence electrons. The number of nitrogens with one attached hydrogen (secondary N) is 1. The van der Waals surface area contributed by atoms with E-state index in [0.29, 0.717) is 23.4 Å². The normalized spacial score (nSPS) is 13.5. The number of nitrogen functional groups attached to an aromatic ring is 1. The fourth-order valence-electron chi connectivity index (χ4n) is 2.23. The van der Waals surface area contributed by atoms with Crippen molar-refractivity contribution in [1.82, 2.24) is 20.2 Å². The predicted octanol–water partition coefficient (Wildman–Crippen LogP) is 2.09. The molecule has 1 heterocycles. The second kappa shape index (κ2) is 8.01. The van der Waals surface area contributed by atoms with Crippen molar-refractivity contribution >= 4 is 17.7 Å². The number of amides is 1. The minimum atomic E-state index is -0.283. The summed E-state index contributed by atoms with van der Waals surface area (Å²) in [6.45, 7) is 6.36. The van der Waals surface area contributed by atoms with Crippen LogP contribution in [0.4, 0.5) is 0 Å². The van der Waals surface area contributed by atoms with Gasteiger partial charge < -0.3 is 11.2 Å². The summed E-state index contributed by atoms with van der Waals surface area (Å²) in [6, 6.07) is 10.2.